The van der Waals surface area contributed by atoms with Gasteiger partial charge in [-0.05, 0) is 6.42 Å². The van der Waals surface area contributed by atoms with E-state index in [1.807, 2.05) is 0 Å². The van der Waals surface area contributed by atoms with E-state index >= 15 is 0 Å². The maximum absolute atomic E-state index is 12.9. The van der Waals surface area contributed by atoms with Crippen molar-refractivity contribution in [2.75, 3.05) is 11.4 Å². The SMILES string of the molecule is CCc1nc(N2CC(S(=O)(=O)F)CC2=O)sc1C(=O)O. The summed E-state index contributed by atoms with van der Waals surface area (Å²) in [4.78, 5) is 27.8. The number of nitrogens with zero attached hydrogens (tertiary/aromatic N) is 2. The van der Waals surface area contributed by atoms with Crippen LogP contribution >= 0.6 is 11.3 Å². The Morgan fingerprint density at radius 3 is 2.65 bits per heavy atom. The third kappa shape index (κ3) is 2.66. The number of aromatic carboxylic acids is 1. The molecule has 0 aromatic carbocycles. The number of aromatic nitrogens is 1. The second-order valence-electron chi connectivity index (χ2n) is 4.24. The molecule has 0 bridgehead atoms. The fourth-order valence-corrected chi connectivity index (χ4v) is 3.60. The van der Waals surface area contributed by atoms with Gasteiger partial charge in [-0.3, -0.25) is 9.69 Å². The molecule has 1 saturated heterocycles. The molecule has 0 radical (unpaired) electrons. The highest BCUT2D eigenvalue weighted by molar-refractivity contribution is 7.87. The van der Waals surface area contributed by atoms with Crippen molar-refractivity contribution in [2.45, 2.75) is 25.0 Å². The number of halogens is 1. The second kappa shape index (κ2) is 5.09. The number of carboxylic acids is 1. The van der Waals surface area contributed by atoms with Crippen molar-refractivity contribution < 1.29 is 27.0 Å². The second-order valence-corrected chi connectivity index (χ2v) is 6.83. The van der Waals surface area contributed by atoms with Crippen LogP contribution in [0.15, 0.2) is 0 Å². The fraction of sp³-hybridized carbons (Fsp3) is 0.500. The highest BCUT2D eigenvalue weighted by Crippen LogP contribution is 2.31. The van der Waals surface area contributed by atoms with Gasteiger partial charge in [-0.2, -0.15) is 8.42 Å². The molecule has 1 aromatic rings. The van der Waals surface area contributed by atoms with E-state index in [9.17, 15) is 21.9 Å². The first-order chi connectivity index (χ1) is 9.24. The number of rotatable bonds is 4. The number of carbonyl (C=O) groups excluding carboxylic acids is 1. The number of thiazole rings is 1. The molecule has 1 fully saturated rings. The molecule has 2 rings (SSSR count). The number of carbonyl (C=O) groups is 2. The largest absolute Gasteiger partial charge is 0.477 e. The van der Waals surface area contributed by atoms with Crippen molar-refractivity contribution in [3.63, 3.8) is 0 Å². The topological polar surface area (TPSA) is 105 Å². The van der Waals surface area contributed by atoms with Crippen molar-refractivity contribution in [3.05, 3.63) is 10.6 Å². The van der Waals surface area contributed by atoms with Gasteiger partial charge in [-0.25, -0.2) is 9.78 Å². The molecule has 1 amide bonds. The van der Waals surface area contributed by atoms with Crippen LogP contribution in [0.5, 0.6) is 0 Å². The first-order valence-corrected chi connectivity index (χ1v) is 7.97. The smallest absolute Gasteiger partial charge is 0.347 e. The van der Waals surface area contributed by atoms with Crippen LogP contribution in [0.25, 0.3) is 0 Å². The van der Waals surface area contributed by atoms with Gasteiger partial charge < -0.3 is 5.11 Å². The van der Waals surface area contributed by atoms with E-state index in [0.717, 1.165) is 16.2 Å². The number of amides is 1. The van der Waals surface area contributed by atoms with Crippen LogP contribution in [-0.4, -0.2) is 42.2 Å². The monoisotopic (exact) mass is 322 g/mol. The molecular formula is C10H11FN2O5S2. The lowest BCUT2D eigenvalue weighted by Gasteiger charge is -2.11. The molecule has 1 N–H and O–H groups in total. The molecule has 20 heavy (non-hydrogen) atoms. The molecule has 7 nitrogen and oxygen atoms in total. The molecule has 1 atom stereocenters. The van der Waals surface area contributed by atoms with Gasteiger partial charge in [0.15, 0.2) is 5.13 Å². The van der Waals surface area contributed by atoms with Gasteiger partial charge in [-0.1, -0.05) is 18.3 Å². The predicted octanol–water partition coefficient (Wildman–Crippen LogP) is 0.808. The molecular weight excluding hydrogens is 311 g/mol. The molecule has 2 heterocycles. The van der Waals surface area contributed by atoms with Gasteiger partial charge >= 0.3 is 16.2 Å². The fourth-order valence-electron chi connectivity index (χ4n) is 1.91. The Morgan fingerprint density at radius 1 is 1.60 bits per heavy atom. The van der Waals surface area contributed by atoms with Crippen molar-refractivity contribution in [1.29, 1.82) is 0 Å². The third-order valence-corrected chi connectivity index (χ3v) is 5.15. The predicted molar refractivity (Wildman–Crippen MR) is 69.2 cm³/mol. The first-order valence-electron chi connectivity index (χ1n) is 5.70. The van der Waals surface area contributed by atoms with E-state index < -0.39 is 33.8 Å². The van der Waals surface area contributed by atoms with Crippen molar-refractivity contribution in [1.82, 2.24) is 4.98 Å². The molecule has 1 aromatic heterocycles. The van der Waals surface area contributed by atoms with Crippen LogP contribution in [0.4, 0.5) is 9.02 Å². The maximum atomic E-state index is 12.9. The Kier molecular flexibility index (Phi) is 3.78. The molecule has 0 spiro atoms. The van der Waals surface area contributed by atoms with Crippen molar-refractivity contribution in [3.8, 4) is 0 Å². The summed E-state index contributed by atoms with van der Waals surface area (Å²) in [7, 11) is -4.80. The minimum absolute atomic E-state index is 0.00172. The van der Waals surface area contributed by atoms with Crippen LogP contribution in [0, 0.1) is 0 Å². The lowest BCUT2D eigenvalue weighted by Crippen LogP contribution is -2.26. The number of hydrogen-bond acceptors (Lipinski definition) is 6. The Morgan fingerprint density at radius 2 is 2.25 bits per heavy atom. The van der Waals surface area contributed by atoms with E-state index in [1.165, 1.54) is 0 Å². The Hall–Kier alpha value is -1.55. The summed E-state index contributed by atoms with van der Waals surface area (Å²) in [5.74, 6) is -1.74. The summed E-state index contributed by atoms with van der Waals surface area (Å²) in [5.41, 5.74) is 0.317. The number of anilines is 1. The summed E-state index contributed by atoms with van der Waals surface area (Å²) in [6.07, 6.45) is -0.0900. The van der Waals surface area contributed by atoms with E-state index in [0.29, 0.717) is 12.1 Å². The van der Waals surface area contributed by atoms with Crippen molar-refractivity contribution in [2.24, 2.45) is 0 Å². The van der Waals surface area contributed by atoms with Gasteiger partial charge in [0.1, 0.15) is 10.1 Å². The average molecular weight is 322 g/mol. The minimum Gasteiger partial charge on any atom is -0.477 e. The van der Waals surface area contributed by atoms with Crippen LogP contribution in [0.2, 0.25) is 0 Å². The Labute approximate surface area is 118 Å². The normalized spacial score (nSPS) is 19.6. The van der Waals surface area contributed by atoms with Gasteiger partial charge in [0.25, 0.3) is 0 Å². The zero-order chi connectivity index (χ0) is 15.1. The summed E-state index contributed by atoms with van der Waals surface area (Å²) >= 11 is 0.783. The molecule has 0 saturated carbocycles. The lowest BCUT2D eigenvalue weighted by atomic mass is 10.3. The van der Waals surface area contributed by atoms with E-state index in [1.54, 1.807) is 6.92 Å². The van der Waals surface area contributed by atoms with Crippen LogP contribution in [0.3, 0.4) is 0 Å². The highest BCUT2D eigenvalue weighted by Gasteiger charge is 2.40. The Bertz CT molecular complexity index is 669. The zero-order valence-electron chi connectivity index (χ0n) is 10.4. The molecule has 110 valence electrons. The lowest BCUT2D eigenvalue weighted by molar-refractivity contribution is -0.117. The summed E-state index contributed by atoms with van der Waals surface area (Å²) in [5, 5.41) is 7.68. The van der Waals surface area contributed by atoms with Crippen LogP contribution in [0.1, 0.15) is 28.7 Å². The number of carboxylic acid groups (broad SMARTS) is 1. The number of hydrogen-bond donors (Lipinski definition) is 1. The van der Waals surface area contributed by atoms with E-state index in [-0.39, 0.29) is 16.6 Å². The zero-order valence-corrected chi connectivity index (χ0v) is 12.0. The minimum atomic E-state index is -4.80. The van der Waals surface area contributed by atoms with Gasteiger partial charge in [0.05, 0.1) is 5.69 Å². The maximum Gasteiger partial charge on any atom is 0.347 e. The standard InChI is InChI=1S/C10H11FN2O5S2/c1-2-6-8(9(15)16)19-10(12-6)13-4-5(3-7(13)14)20(11,17)18/h5H,2-4H2,1H3,(H,15,16). The molecule has 1 aliphatic heterocycles. The molecule has 10 heteroatoms. The van der Waals surface area contributed by atoms with Gasteiger partial charge in [0, 0.05) is 13.0 Å². The molecule has 1 unspecified atom stereocenters. The van der Waals surface area contributed by atoms with Crippen LogP contribution < -0.4 is 4.90 Å². The van der Waals surface area contributed by atoms with Gasteiger partial charge in [-0.15, -0.1) is 3.89 Å². The first kappa shape index (κ1) is 14.9. The molecule has 1 aliphatic rings. The average Bonchev–Trinajstić information content (AvgIpc) is 2.90. The van der Waals surface area contributed by atoms with E-state index in [2.05, 4.69) is 4.98 Å². The van der Waals surface area contributed by atoms with Crippen LogP contribution in [-0.2, 0) is 21.4 Å². The van der Waals surface area contributed by atoms with Crippen molar-refractivity contribution >= 4 is 38.6 Å². The van der Waals surface area contributed by atoms with Gasteiger partial charge in [0.2, 0.25) is 5.91 Å². The highest BCUT2D eigenvalue weighted by atomic mass is 32.3. The molecule has 0 aliphatic carbocycles. The Balaban J connectivity index is 2.33. The quantitative estimate of drug-likeness (QED) is 0.822. The summed E-state index contributed by atoms with van der Waals surface area (Å²) < 4.78 is 34.6. The van der Waals surface area contributed by atoms with E-state index in [4.69, 9.17) is 5.11 Å². The number of aryl methyl sites for hydroxylation is 1. The third-order valence-electron chi connectivity index (χ3n) is 2.93. The summed E-state index contributed by atoms with van der Waals surface area (Å²) in [6, 6.07) is 0. The summed E-state index contributed by atoms with van der Waals surface area (Å²) in [6.45, 7) is 1.37.